The van der Waals surface area contributed by atoms with Crippen LogP contribution in [0.15, 0.2) is 18.5 Å². The van der Waals surface area contributed by atoms with Gasteiger partial charge in [-0.3, -0.25) is 0 Å². The molecule has 10 heteroatoms. The van der Waals surface area contributed by atoms with E-state index in [2.05, 4.69) is 20.2 Å². The first kappa shape index (κ1) is 15.6. The standard InChI is InChI=1S/C15H13F3N6O/c1-25-9-3-2-8-12(11(9)16)19-7-20-14(8)23-4-5-24-10(6-23)21-22-15(24)13(17)18/h2-3,7,13H,4-6H2,1H3. The van der Waals surface area contributed by atoms with E-state index in [1.54, 1.807) is 6.07 Å². The highest BCUT2D eigenvalue weighted by Gasteiger charge is 2.27. The molecule has 0 spiro atoms. The maximum Gasteiger partial charge on any atom is 0.297 e. The number of hydrogen-bond donors (Lipinski definition) is 0. The molecule has 1 aromatic carbocycles. The Bertz CT molecular complexity index is 944. The van der Waals surface area contributed by atoms with Crippen LogP contribution in [0.2, 0.25) is 0 Å². The Hall–Kier alpha value is -2.91. The number of rotatable bonds is 3. The molecule has 0 bridgehead atoms. The number of halogens is 3. The molecule has 25 heavy (non-hydrogen) atoms. The zero-order valence-electron chi connectivity index (χ0n) is 13.2. The number of fused-ring (bicyclic) bond motifs is 2. The molecule has 0 aliphatic carbocycles. The zero-order chi connectivity index (χ0) is 17.6. The summed E-state index contributed by atoms with van der Waals surface area (Å²) in [4.78, 5) is 10.1. The molecule has 0 unspecified atom stereocenters. The number of nitrogens with zero attached hydrogens (tertiary/aromatic N) is 6. The Labute approximate surface area is 140 Å². The van der Waals surface area contributed by atoms with Crippen LogP contribution in [-0.4, -0.2) is 38.4 Å². The lowest BCUT2D eigenvalue weighted by Crippen LogP contribution is -2.35. The lowest BCUT2D eigenvalue weighted by molar-refractivity contribution is 0.134. The Kier molecular flexibility index (Phi) is 3.66. The number of hydrogen-bond acceptors (Lipinski definition) is 6. The molecular weight excluding hydrogens is 337 g/mol. The highest BCUT2D eigenvalue weighted by atomic mass is 19.3. The van der Waals surface area contributed by atoms with Crippen LogP contribution >= 0.6 is 0 Å². The maximum atomic E-state index is 14.4. The summed E-state index contributed by atoms with van der Waals surface area (Å²) in [7, 11) is 1.38. The van der Waals surface area contributed by atoms with Crippen LogP contribution in [0, 0.1) is 5.82 Å². The van der Waals surface area contributed by atoms with Gasteiger partial charge in [-0.2, -0.15) is 0 Å². The first-order valence-corrected chi connectivity index (χ1v) is 7.52. The second kappa shape index (κ2) is 5.87. The smallest absolute Gasteiger partial charge is 0.297 e. The first-order valence-electron chi connectivity index (χ1n) is 7.52. The molecule has 0 amide bonds. The predicted molar refractivity (Wildman–Crippen MR) is 82.1 cm³/mol. The Morgan fingerprint density at radius 1 is 1.16 bits per heavy atom. The number of aromatic nitrogens is 5. The van der Waals surface area contributed by atoms with E-state index in [0.29, 0.717) is 30.1 Å². The van der Waals surface area contributed by atoms with E-state index >= 15 is 0 Å². The molecule has 0 N–H and O–H groups in total. The van der Waals surface area contributed by atoms with Crippen molar-refractivity contribution in [2.24, 2.45) is 0 Å². The summed E-state index contributed by atoms with van der Waals surface area (Å²) >= 11 is 0. The SMILES string of the molecule is COc1ccc2c(N3CCn4c(nnc4C(F)F)C3)ncnc2c1F. The maximum absolute atomic E-state index is 14.4. The average Bonchev–Trinajstić information content (AvgIpc) is 3.05. The van der Waals surface area contributed by atoms with Gasteiger partial charge in [0.2, 0.25) is 0 Å². The van der Waals surface area contributed by atoms with E-state index in [0.717, 1.165) is 0 Å². The number of methoxy groups -OCH3 is 1. The normalized spacial score (nSPS) is 14.2. The van der Waals surface area contributed by atoms with Gasteiger partial charge in [-0.15, -0.1) is 10.2 Å². The molecule has 2 aromatic heterocycles. The fraction of sp³-hybridized carbons (Fsp3) is 0.333. The topological polar surface area (TPSA) is 69.0 Å². The molecule has 7 nitrogen and oxygen atoms in total. The van der Waals surface area contributed by atoms with Crippen molar-refractivity contribution in [3.8, 4) is 5.75 Å². The largest absolute Gasteiger partial charge is 0.494 e. The van der Waals surface area contributed by atoms with E-state index in [9.17, 15) is 13.2 Å². The van der Waals surface area contributed by atoms with Crippen molar-refractivity contribution in [3.63, 3.8) is 0 Å². The van der Waals surface area contributed by atoms with E-state index in [-0.39, 0.29) is 23.6 Å². The molecule has 130 valence electrons. The van der Waals surface area contributed by atoms with Crippen molar-refractivity contribution in [2.75, 3.05) is 18.6 Å². The van der Waals surface area contributed by atoms with Crippen LogP contribution in [0.25, 0.3) is 10.9 Å². The third kappa shape index (κ3) is 2.44. The molecule has 0 atom stereocenters. The molecule has 0 saturated carbocycles. The van der Waals surface area contributed by atoms with Crippen LogP contribution in [-0.2, 0) is 13.1 Å². The van der Waals surface area contributed by atoms with Crippen molar-refractivity contribution in [3.05, 3.63) is 35.9 Å². The summed E-state index contributed by atoms with van der Waals surface area (Å²) in [5.41, 5.74) is 0.143. The first-order chi connectivity index (χ1) is 12.1. The molecule has 0 saturated heterocycles. The number of alkyl halides is 2. The third-order valence-electron chi connectivity index (χ3n) is 4.18. The molecule has 1 aliphatic heterocycles. The van der Waals surface area contributed by atoms with Gasteiger partial charge in [0.05, 0.1) is 13.7 Å². The van der Waals surface area contributed by atoms with Crippen molar-refractivity contribution in [1.29, 1.82) is 0 Å². The number of benzene rings is 1. The van der Waals surface area contributed by atoms with Gasteiger partial charge in [0.25, 0.3) is 6.43 Å². The number of ether oxygens (including phenoxy) is 1. The average molecular weight is 350 g/mol. The third-order valence-corrected chi connectivity index (χ3v) is 4.18. The van der Waals surface area contributed by atoms with Crippen molar-refractivity contribution in [2.45, 2.75) is 19.5 Å². The quantitative estimate of drug-likeness (QED) is 0.722. The van der Waals surface area contributed by atoms with Gasteiger partial charge in [0.15, 0.2) is 23.2 Å². The second-order valence-electron chi connectivity index (χ2n) is 5.52. The Morgan fingerprint density at radius 2 is 2.00 bits per heavy atom. The predicted octanol–water partition coefficient (Wildman–Crippen LogP) is 2.33. The lowest BCUT2D eigenvalue weighted by Gasteiger charge is -2.29. The Morgan fingerprint density at radius 3 is 2.76 bits per heavy atom. The highest BCUT2D eigenvalue weighted by Crippen LogP contribution is 2.31. The van der Waals surface area contributed by atoms with Gasteiger partial charge in [-0.1, -0.05) is 0 Å². The minimum Gasteiger partial charge on any atom is -0.494 e. The minimum atomic E-state index is -2.67. The highest BCUT2D eigenvalue weighted by molar-refractivity contribution is 5.90. The van der Waals surface area contributed by atoms with Crippen LogP contribution < -0.4 is 9.64 Å². The van der Waals surface area contributed by atoms with Gasteiger partial charge in [0, 0.05) is 18.5 Å². The molecule has 1 aliphatic rings. The van der Waals surface area contributed by atoms with Gasteiger partial charge >= 0.3 is 0 Å². The van der Waals surface area contributed by atoms with E-state index < -0.39 is 12.2 Å². The van der Waals surface area contributed by atoms with Crippen LogP contribution in [0.4, 0.5) is 19.0 Å². The van der Waals surface area contributed by atoms with Crippen LogP contribution in [0.1, 0.15) is 18.1 Å². The minimum absolute atomic E-state index is 0.0945. The fourth-order valence-corrected chi connectivity index (χ4v) is 3.00. The van der Waals surface area contributed by atoms with Gasteiger partial charge < -0.3 is 14.2 Å². The van der Waals surface area contributed by atoms with E-state index in [4.69, 9.17) is 4.74 Å². The van der Waals surface area contributed by atoms with Crippen molar-refractivity contribution < 1.29 is 17.9 Å². The molecule has 0 fully saturated rings. The summed E-state index contributed by atoms with van der Waals surface area (Å²) < 4.78 is 46.6. The molecule has 3 heterocycles. The fourth-order valence-electron chi connectivity index (χ4n) is 3.00. The summed E-state index contributed by atoms with van der Waals surface area (Å²) in [6.45, 7) is 0.968. The van der Waals surface area contributed by atoms with Crippen molar-refractivity contribution in [1.82, 2.24) is 24.7 Å². The lowest BCUT2D eigenvalue weighted by atomic mass is 10.2. The zero-order valence-corrected chi connectivity index (χ0v) is 13.2. The van der Waals surface area contributed by atoms with Gasteiger partial charge in [0.1, 0.15) is 17.7 Å². The molecule has 0 radical (unpaired) electrons. The van der Waals surface area contributed by atoms with E-state index in [1.807, 2.05) is 4.90 Å². The summed E-state index contributed by atoms with van der Waals surface area (Å²) in [5, 5.41) is 7.90. The molecular formula is C15H13F3N6O. The van der Waals surface area contributed by atoms with Gasteiger partial charge in [-0.25, -0.2) is 23.1 Å². The molecule has 3 aromatic rings. The Balaban J connectivity index is 1.74. The monoisotopic (exact) mass is 350 g/mol. The van der Waals surface area contributed by atoms with E-state index in [1.165, 1.54) is 24.1 Å². The summed E-state index contributed by atoms with van der Waals surface area (Å²) in [6, 6.07) is 3.18. The molecule has 4 rings (SSSR count). The van der Waals surface area contributed by atoms with Crippen LogP contribution in [0.3, 0.4) is 0 Å². The second-order valence-corrected chi connectivity index (χ2v) is 5.52. The van der Waals surface area contributed by atoms with Crippen LogP contribution in [0.5, 0.6) is 5.75 Å². The van der Waals surface area contributed by atoms with Crippen molar-refractivity contribution >= 4 is 16.7 Å². The number of anilines is 1. The van der Waals surface area contributed by atoms with Gasteiger partial charge in [-0.05, 0) is 12.1 Å². The summed E-state index contributed by atoms with van der Waals surface area (Å²) in [6.07, 6.45) is -1.40. The summed E-state index contributed by atoms with van der Waals surface area (Å²) in [5.74, 6) is 0.126.